The molecular weight excluding hydrogens is 731 g/mol. The van der Waals surface area contributed by atoms with E-state index in [1.165, 1.54) is 36.4 Å². The molecule has 2 aliphatic carbocycles. The van der Waals surface area contributed by atoms with Crippen LogP contribution in [0, 0.1) is 0 Å². The summed E-state index contributed by atoms with van der Waals surface area (Å²) < 4.78 is 71.5. The van der Waals surface area contributed by atoms with Gasteiger partial charge in [0, 0.05) is 22.5 Å². The molecule has 0 aromatic heterocycles. The van der Waals surface area contributed by atoms with Crippen molar-refractivity contribution in [3.63, 3.8) is 0 Å². The minimum atomic E-state index is -5.03. The summed E-state index contributed by atoms with van der Waals surface area (Å²) >= 11 is 0. The molecule has 0 spiro atoms. The van der Waals surface area contributed by atoms with E-state index in [4.69, 9.17) is 11.5 Å². The molecule has 0 atom stereocenters. The zero-order valence-corrected chi connectivity index (χ0v) is 33.2. The average molecular weight is 755 g/mol. The van der Waals surface area contributed by atoms with E-state index in [1.54, 1.807) is 60.7 Å². The summed E-state index contributed by atoms with van der Waals surface area (Å²) in [5.41, 5.74) is 19.3. The van der Waals surface area contributed by atoms with Crippen LogP contribution in [0.3, 0.4) is 0 Å². The molecule has 0 heterocycles. The number of benzene rings is 4. The Morgan fingerprint density at radius 2 is 0.904 bits per heavy atom. The maximum atomic E-state index is 13.0. The maximum absolute atomic E-state index is 13.0. The van der Waals surface area contributed by atoms with Crippen molar-refractivity contribution < 1.29 is 94.6 Å². The van der Waals surface area contributed by atoms with Gasteiger partial charge < -0.3 is 20.6 Å². The van der Waals surface area contributed by atoms with E-state index in [1.807, 2.05) is 0 Å². The molecule has 0 saturated carbocycles. The third-order valence-corrected chi connectivity index (χ3v) is 9.23. The van der Waals surface area contributed by atoms with Gasteiger partial charge in [-0.1, -0.05) is 36.4 Å². The topological polar surface area (TPSA) is 249 Å². The number of nitrogen functional groups attached to an aromatic ring is 2. The van der Waals surface area contributed by atoms with Crippen molar-refractivity contribution in [1.29, 1.82) is 0 Å². The number of nitrogens with one attached hydrogen (secondary N) is 2. The van der Waals surface area contributed by atoms with Crippen LogP contribution in [0.4, 0.5) is 22.7 Å². The zero-order chi connectivity index (χ0) is 35.8. The number of hydrogen-bond donors (Lipinski definition) is 4. The normalized spacial score (nSPS) is 15.6. The van der Waals surface area contributed by atoms with Gasteiger partial charge in [0.15, 0.2) is 0 Å². The van der Waals surface area contributed by atoms with Crippen molar-refractivity contribution in [1.82, 2.24) is 0 Å². The Bertz CT molecular complexity index is 2310. The van der Waals surface area contributed by atoms with Crippen molar-refractivity contribution in [2.45, 2.75) is 0 Å². The molecule has 4 aromatic carbocycles. The molecule has 4 aromatic rings. The summed E-state index contributed by atoms with van der Waals surface area (Å²) in [5, 5.41) is 7.89. The first-order valence-corrected chi connectivity index (χ1v) is 17.3. The summed E-state index contributed by atoms with van der Waals surface area (Å²) in [6.45, 7) is 0. The smallest absolute Gasteiger partial charge is 0.744 e. The first-order valence-electron chi connectivity index (χ1n) is 14.5. The number of nitrogens with two attached hydrogens (primary N) is 2. The van der Waals surface area contributed by atoms with Crippen molar-refractivity contribution in [3.05, 3.63) is 128 Å². The predicted octanol–water partition coefficient (Wildman–Crippen LogP) is -1.87. The number of carbonyl (C=O) groups is 2. The molecule has 0 amide bonds. The Balaban J connectivity index is 0.00000302. The molecule has 6 rings (SSSR count). The van der Waals surface area contributed by atoms with Gasteiger partial charge in [0.05, 0.1) is 21.2 Å². The van der Waals surface area contributed by atoms with Crippen LogP contribution in [0.1, 0.15) is 43.0 Å². The molecule has 6 N–H and O–H groups in total. The summed E-state index contributed by atoms with van der Waals surface area (Å²) in [7, 11) is -10.1. The van der Waals surface area contributed by atoms with Crippen LogP contribution in [0.5, 0.6) is 0 Å². The van der Waals surface area contributed by atoms with Crippen LogP contribution in [0.15, 0.2) is 105 Å². The minimum absolute atomic E-state index is 0. The second kappa shape index (κ2) is 16.2. The maximum Gasteiger partial charge on any atom is 1.00 e. The second-order valence-electron chi connectivity index (χ2n) is 11.0. The van der Waals surface area contributed by atoms with Gasteiger partial charge in [-0.05, 0) is 95.1 Å². The first kappa shape index (κ1) is 40.6. The number of hydrazone groups is 2. The summed E-state index contributed by atoms with van der Waals surface area (Å²) in [6, 6.07) is 22.1. The molecule has 18 heteroatoms. The quantitative estimate of drug-likeness (QED) is 0.0508. The van der Waals surface area contributed by atoms with Gasteiger partial charge in [-0.25, -0.2) is 16.8 Å². The predicted molar refractivity (Wildman–Crippen MR) is 190 cm³/mol. The molecule has 0 aliphatic heterocycles. The van der Waals surface area contributed by atoms with E-state index in [9.17, 15) is 35.5 Å². The van der Waals surface area contributed by atoms with Gasteiger partial charge in [-0.2, -0.15) is 10.2 Å². The van der Waals surface area contributed by atoms with Crippen LogP contribution >= 0.6 is 0 Å². The van der Waals surface area contributed by atoms with E-state index in [0.29, 0.717) is 22.7 Å². The molecule has 0 saturated heterocycles. The number of anilines is 4. The molecule has 0 bridgehead atoms. The van der Waals surface area contributed by atoms with Gasteiger partial charge in [-0.15, -0.1) is 0 Å². The molecule has 0 fully saturated rings. The number of Topliss-reactive ketones (excluding diaryl/α,β-unsaturated/α-hetero) is 2. The first-order chi connectivity index (χ1) is 23.7. The van der Waals surface area contributed by atoms with Gasteiger partial charge in [0.25, 0.3) is 0 Å². The van der Waals surface area contributed by atoms with Crippen molar-refractivity contribution in [2.24, 2.45) is 10.2 Å². The largest absolute Gasteiger partial charge is 1.00 e. The van der Waals surface area contributed by atoms with Gasteiger partial charge in [0.1, 0.15) is 31.7 Å². The Kier molecular flexibility index (Phi) is 12.7. The Hall–Kier alpha value is -4.20. The zero-order valence-electron chi connectivity index (χ0n) is 27.5. The molecule has 2 aliphatic rings. The van der Waals surface area contributed by atoms with Crippen LogP contribution in [-0.2, 0) is 20.2 Å². The fraction of sp³-hybridized carbons (Fsp3) is 0. The molecule has 52 heavy (non-hydrogen) atoms. The molecule has 0 unspecified atom stereocenters. The SMILES string of the molecule is Nc1ccc2c(c1)C=C(S(=O)(=O)[O-])/C(=N\Nc1ccc(/C=C/c3ccc(N/N=C4/C(=O)c5ccc(N)cc5C=C4S(=O)(=O)[O-])cc3)cc1)C2=O.[Na+].[Na+]. The van der Waals surface area contributed by atoms with E-state index in [-0.39, 0.29) is 81.4 Å². The Morgan fingerprint density at radius 3 is 1.23 bits per heavy atom. The van der Waals surface area contributed by atoms with Crippen LogP contribution < -0.4 is 81.4 Å². The van der Waals surface area contributed by atoms with E-state index >= 15 is 0 Å². The van der Waals surface area contributed by atoms with Crippen LogP contribution in [0.25, 0.3) is 24.3 Å². The Labute approximate surface area is 342 Å². The van der Waals surface area contributed by atoms with Gasteiger partial charge in [-0.3, -0.25) is 20.4 Å². The van der Waals surface area contributed by atoms with E-state index < -0.39 is 53.0 Å². The summed E-state index contributed by atoms with van der Waals surface area (Å²) in [5.74, 6) is -1.48. The minimum Gasteiger partial charge on any atom is -0.744 e. The molecule has 0 radical (unpaired) electrons. The van der Waals surface area contributed by atoms with Gasteiger partial charge in [0.2, 0.25) is 11.6 Å². The molecule has 14 nitrogen and oxygen atoms in total. The fourth-order valence-corrected chi connectivity index (χ4v) is 6.37. The number of ketones is 2. The van der Waals surface area contributed by atoms with E-state index in [0.717, 1.165) is 23.3 Å². The van der Waals surface area contributed by atoms with Crippen LogP contribution in [-0.4, -0.2) is 48.9 Å². The molecular formula is C34H24N6Na2O8S2. The molecule has 252 valence electrons. The second-order valence-corrected chi connectivity index (χ2v) is 13.7. The average Bonchev–Trinajstić information content (AvgIpc) is 3.06. The van der Waals surface area contributed by atoms with Gasteiger partial charge >= 0.3 is 59.1 Å². The van der Waals surface area contributed by atoms with Crippen LogP contribution in [0.2, 0.25) is 0 Å². The Morgan fingerprint density at radius 1 is 0.558 bits per heavy atom. The number of rotatable bonds is 8. The fourth-order valence-electron chi connectivity index (χ4n) is 5.08. The van der Waals surface area contributed by atoms with Crippen molar-refractivity contribution in [2.75, 3.05) is 22.3 Å². The standard InChI is InChI=1S/C34H26N6O8S2.2Na/c35-23-7-13-27-21(15-23)17-29(49(43,44)45)31(33(27)41)39-37-25-9-3-19(4-10-25)1-2-20-5-11-26(12-6-20)38-40-32-30(50(46,47)48)18-22-16-24(36)8-14-28(22)34(32)42;;/h1-18,37-38H,35-36H2,(H,43,44,45)(H,46,47,48);;/q;2*+1/p-2/b2-1+,39-31+,40-32+;;. The number of nitrogens with zero attached hydrogens (tertiary/aromatic N) is 2. The van der Waals surface area contributed by atoms with Crippen molar-refractivity contribution in [3.8, 4) is 0 Å². The third-order valence-electron chi connectivity index (χ3n) is 7.53. The summed E-state index contributed by atoms with van der Waals surface area (Å²) in [4.78, 5) is 24.5. The number of fused-ring (bicyclic) bond motifs is 2. The van der Waals surface area contributed by atoms with E-state index in [2.05, 4.69) is 21.1 Å². The number of allylic oxidation sites excluding steroid dienone is 2. The summed E-state index contributed by atoms with van der Waals surface area (Å²) in [6.07, 6.45) is 5.75. The third kappa shape index (κ3) is 9.05. The van der Waals surface area contributed by atoms with Crippen molar-refractivity contribution >= 4 is 90.3 Å². The number of carbonyl (C=O) groups excluding carboxylic acids is 2. The monoisotopic (exact) mass is 754 g/mol. The number of hydrogen-bond acceptors (Lipinski definition) is 14.